The summed E-state index contributed by atoms with van der Waals surface area (Å²) < 4.78 is 13.9. The van der Waals surface area contributed by atoms with E-state index in [0.29, 0.717) is 0 Å². The fraction of sp³-hybridized carbons (Fsp3) is 0.436. The Bertz CT molecular complexity index is 4570. The molecule has 0 bridgehead atoms. The van der Waals surface area contributed by atoms with Crippen molar-refractivity contribution in [1.82, 2.24) is 4.98 Å². The predicted octanol–water partition coefficient (Wildman–Crippen LogP) is 29.2. The number of unbranched alkanes of at least 4 members (excludes halogenated alkanes) is 20. The second-order valence-electron chi connectivity index (χ2n) is 31.7. The van der Waals surface area contributed by atoms with E-state index < -0.39 is 0 Å². The topological polar surface area (TPSA) is 42.4 Å². The van der Waals surface area contributed by atoms with Gasteiger partial charge in [0.1, 0.15) is 22.3 Å². The van der Waals surface area contributed by atoms with Crippen LogP contribution in [-0.4, -0.2) is 4.98 Å². The van der Waals surface area contributed by atoms with Gasteiger partial charge in [0, 0.05) is 72.8 Å². The van der Waals surface area contributed by atoms with Crippen LogP contribution in [0.15, 0.2) is 173 Å². The van der Waals surface area contributed by atoms with Gasteiger partial charge < -0.3 is 13.7 Å². The lowest BCUT2D eigenvalue weighted by Gasteiger charge is -2.35. The average Bonchev–Trinajstić information content (AvgIpc) is 1.52. The summed E-state index contributed by atoms with van der Waals surface area (Å²) in [5.41, 5.74) is 27.9. The minimum atomic E-state index is -0.326. The largest absolute Gasteiger partial charge is 0.456 e. The van der Waals surface area contributed by atoms with Crippen molar-refractivity contribution >= 4 is 60.9 Å². The quantitative estimate of drug-likeness (QED) is 0.0394. The molecule has 14 rings (SSSR count). The molecule has 11 aromatic rings. The molecule has 0 aliphatic heterocycles. The maximum absolute atomic E-state index is 7.01. The number of hydrogen-bond acceptors (Lipinski definition) is 4. The number of para-hydroxylation sites is 2. The van der Waals surface area contributed by atoms with Gasteiger partial charge >= 0.3 is 0 Å². The molecule has 0 unspecified atom stereocenters. The van der Waals surface area contributed by atoms with Crippen LogP contribution in [0.1, 0.15) is 281 Å². The first-order valence-corrected chi connectivity index (χ1v) is 39.1. The Labute approximate surface area is 587 Å². The van der Waals surface area contributed by atoms with Crippen molar-refractivity contribution in [3.63, 3.8) is 0 Å². The highest BCUT2D eigenvalue weighted by Gasteiger charge is 2.49. The molecule has 0 atom stereocenters. The minimum Gasteiger partial charge on any atom is -0.456 e. The van der Waals surface area contributed by atoms with E-state index in [1.807, 2.05) is 12.4 Å². The maximum atomic E-state index is 7.01. The Kier molecular flexibility index (Phi) is 19.9. The summed E-state index contributed by atoms with van der Waals surface area (Å²) >= 11 is 0. The number of benzene rings is 8. The first-order valence-electron chi connectivity index (χ1n) is 39.1. The zero-order valence-electron chi connectivity index (χ0n) is 61.1. The highest BCUT2D eigenvalue weighted by molar-refractivity contribution is 6.19. The summed E-state index contributed by atoms with van der Waals surface area (Å²) in [5.74, 6) is 0. The van der Waals surface area contributed by atoms with Crippen LogP contribution in [0.25, 0.3) is 88.4 Å². The van der Waals surface area contributed by atoms with Crippen LogP contribution >= 0.6 is 0 Å². The van der Waals surface area contributed by atoms with Crippen LogP contribution < -0.4 is 4.90 Å². The molecule has 3 aliphatic carbocycles. The molecule has 0 N–H and O–H groups in total. The number of aromatic nitrogens is 1. The highest BCUT2D eigenvalue weighted by atomic mass is 16.3. The van der Waals surface area contributed by atoms with Crippen molar-refractivity contribution in [2.45, 2.75) is 264 Å². The third-order valence-electron chi connectivity index (χ3n) is 23.9. The SMILES string of the molecule is CCCCCCCCC1(CCCCCCCC)c2cc(N(c3ccncc3)c3ccc4c(c3)C(C)(C)c3cc(-c5ccc(C(C)(C)C)cc5)c5oc6ccccc6c5c3-4)ccc2-c2cc3c(cc21)-c1c(ccc2oc4ccccc4c12)C3(CCCCCCCC)CCCCCCCC. The van der Waals surface area contributed by atoms with Crippen LogP contribution in [0.4, 0.5) is 17.1 Å². The van der Waals surface area contributed by atoms with Gasteiger partial charge in [0.2, 0.25) is 0 Å². The van der Waals surface area contributed by atoms with Crippen molar-refractivity contribution in [2.75, 3.05) is 4.90 Å². The second kappa shape index (κ2) is 28.9. The highest BCUT2D eigenvalue weighted by Crippen LogP contribution is 2.64. The second-order valence-corrected chi connectivity index (χ2v) is 31.7. The molecule has 4 heteroatoms. The monoisotopic (exact) mass is 1300 g/mol. The summed E-state index contributed by atoms with van der Waals surface area (Å²) in [6.07, 6.45) is 39.5. The van der Waals surface area contributed by atoms with Crippen LogP contribution in [0.2, 0.25) is 0 Å². The minimum absolute atomic E-state index is 0.0528. The molecule has 0 radical (unpaired) electrons. The van der Waals surface area contributed by atoms with Crippen LogP contribution in [-0.2, 0) is 21.7 Å². The van der Waals surface area contributed by atoms with E-state index in [1.165, 1.54) is 255 Å². The lowest BCUT2D eigenvalue weighted by atomic mass is 9.68. The molecule has 8 aromatic carbocycles. The van der Waals surface area contributed by atoms with Crippen molar-refractivity contribution in [3.05, 3.63) is 203 Å². The summed E-state index contributed by atoms with van der Waals surface area (Å²) in [4.78, 5) is 7.24. The van der Waals surface area contributed by atoms with Gasteiger partial charge in [-0.3, -0.25) is 4.98 Å². The van der Waals surface area contributed by atoms with Crippen LogP contribution in [0.5, 0.6) is 0 Å². The normalized spacial score (nSPS) is 14.5. The van der Waals surface area contributed by atoms with E-state index in [2.05, 4.69) is 224 Å². The molecule has 0 saturated heterocycles. The zero-order valence-corrected chi connectivity index (χ0v) is 61.1. The van der Waals surface area contributed by atoms with Crippen molar-refractivity contribution in [1.29, 1.82) is 0 Å². The van der Waals surface area contributed by atoms with Gasteiger partial charge in [0.05, 0.1) is 0 Å². The number of nitrogens with zero attached hydrogens (tertiary/aromatic N) is 2. The molecule has 0 fully saturated rings. The molecular weight excluding hydrogens is 1190 g/mol. The molecular formula is C94H110N2O2. The van der Waals surface area contributed by atoms with Crippen molar-refractivity contribution < 1.29 is 8.83 Å². The molecule has 0 spiro atoms. The lowest BCUT2D eigenvalue weighted by molar-refractivity contribution is 0.394. The van der Waals surface area contributed by atoms with E-state index in [1.54, 1.807) is 16.7 Å². The number of anilines is 3. The lowest BCUT2D eigenvalue weighted by Crippen LogP contribution is -2.27. The van der Waals surface area contributed by atoms with Crippen LogP contribution in [0.3, 0.4) is 0 Å². The Morgan fingerprint density at radius 3 is 1.39 bits per heavy atom. The molecule has 508 valence electrons. The first-order chi connectivity index (χ1) is 47.8. The fourth-order valence-electron chi connectivity index (χ4n) is 18.6. The Morgan fingerprint density at radius 1 is 0.357 bits per heavy atom. The Morgan fingerprint density at radius 2 is 0.816 bits per heavy atom. The zero-order chi connectivity index (χ0) is 67.6. The summed E-state index contributed by atoms with van der Waals surface area (Å²) in [6, 6.07) is 59.6. The number of pyridine rings is 1. The summed E-state index contributed by atoms with van der Waals surface area (Å²) in [7, 11) is 0. The first kappa shape index (κ1) is 67.5. The number of hydrogen-bond donors (Lipinski definition) is 0. The third kappa shape index (κ3) is 12.4. The van der Waals surface area contributed by atoms with Gasteiger partial charge in [-0.2, -0.15) is 0 Å². The van der Waals surface area contributed by atoms with Gasteiger partial charge in [0.25, 0.3) is 0 Å². The molecule has 3 heterocycles. The van der Waals surface area contributed by atoms with Gasteiger partial charge in [-0.25, -0.2) is 0 Å². The van der Waals surface area contributed by atoms with Gasteiger partial charge in [0.15, 0.2) is 0 Å². The number of furan rings is 2. The predicted molar refractivity (Wildman–Crippen MR) is 420 cm³/mol. The van der Waals surface area contributed by atoms with E-state index in [0.717, 1.165) is 52.1 Å². The molecule has 0 saturated carbocycles. The van der Waals surface area contributed by atoms with Crippen LogP contribution in [0, 0.1) is 0 Å². The van der Waals surface area contributed by atoms with E-state index >= 15 is 0 Å². The van der Waals surface area contributed by atoms with Crippen molar-refractivity contribution in [3.8, 4) is 44.5 Å². The molecule has 3 aliphatic rings. The smallest absolute Gasteiger partial charge is 0.143 e. The van der Waals surface area contributed by atoms with E-state index in [-0.39, 0.29) is 21.7 Å². The fourth-order valence-corrected chi connectivity index (χ4v) is 18.6. The summed E-state index contributed by atoms with van der Waals surface area (Å²) in [5, 5.41) is 4.96. The number of fused-ring (bicyclic) bond motifs is 17. The van der Waals surface area contributed by atoms with E-state index in [4.69, 9.17) is 8.83 Å². The van der Waals surface area contributed by atoms with Crippen molar-refractivity contribution in [2.24, 2.45) is 0 Å². The van der Waals surface area contributed by atoms with Gasteiger partial charge in [-0.05, 0) is 182 Å². The van der Waals surface area contributed by atoms with Gasteiger partial charge in [-0.15, -0.1) is 0 Å². The standard InChI is InChI=1S/C94H110N2O2/c1-10-14-18-22-26-34-54-93(55-35-27-23-19-15-11-2)77-50-51-85-88(72-38-30-32-40-83(72)97-85)87(77)76-64-80-75(63-81(76)93)70-48-46-69(61-79(70)94(80,56-36-28-24-20-16-12-3)57-37-29-25-21-17-13-4)96(67-52-58-95-59-53-67)68-47-49-71-78(60-68)92(8,9)82-62-74(65-42-44-66(45-43-65)91(5,6)7)90-89(86(71)82)73-39-31-33-41-84(73)98-90/h30-33,38-53,58-64H,10-29,34-37,54-57H2,1-9H3. The molecule has 0 amide bonds. The third-order valence-corrected chi connectivity index (χ3v) is 23.9. The van der Waals surface area contributed by atoms with Gasteiger partial charge in [-0.1, -0.05) is 295 Å². The molecule has 98 heavy (non-hydrogen) atoms. The Hall–Kier alpha value is -7.69. The number of rotatable bonds is 32. The molecule has 4 nitrogen and oxygen atoms in total. The summed E-state index contributed by atoms with van der Waals surface area (Å²) in [6.45, 7) is 21.2. The Balaban J connectivity index is 0.953. The molecule has 3 aromatic heterocycles. The maximum Gasteiger partial charge on any atom is 0.143 e. The van der Waals surface area contributed by atoms with E-state index in [9.17, 15) is 0 Å². The average molecular weight is 1300 g/mol.